The van der Waals surface area contributed by atoms with E-state index in [4.69, 9.17) is 4.74 Å². The first-order chi connectivity index (χ1) is 8.65. The van der Waals surface area contributed by atoms with Crippen molar-refractivity contribution in [1.29, 1.82) is 0 Å². The molecule has 0 saturated heterocycles. The first-order valence-electron chi connectivity index (χ1n) is 6.58. The van der Waals surface area contributed by atoms with Gasteiger partial charge in [-0.05, 0) is 55.8 Å². The minimum absolute atomic E-state index is 0.759. The summed E-state index contributed by atoms with van der Waals surface area (Å²) >= 11 is 4.28. The standard InChI is InChI=1S/C15H25NOS/c1-13(8-10-18)7-9-16(2)12-14-5-4-6-15(11-14)17-3/h4-6,11,13,18H,7-10,12H2,1-3H3. The van der Waals surface area contributed by atoms with Crippen LogP contribution in [0.3, 0.4) is 0 Å². The lowest BCUT2D eigenvalue weighted by Crippen LogP contribution is -2.20. The second-order valence-electron chi connectivity index (χ2n) is 5.00. The second kappa shape index (κ2) is 8.44. The summed E-state index contributed by atoms with van der Waals surface area (Å²) in [6, 6.07) is 8.29. The zero-order valence-electron chi connectivity index (χ0n) is 11.7. The highest BCUT2D eigenvalue weighted by Gasteiger charge is 2.05. The second-order valence-corrected chi connectivity index (χ2v) is 5.44. The van der Waals surface area contributed by atoms with E-state index >= 15 is 0 Å². The van der Waals surface area contributed by atoms with Gasteiger partial charge in [0.1, 0.15) is 5.75 Å². The summed E-state index contributed by atoms with van der Waals surface area (Å²) in [5, 5.41) is 0. The van der Waals surface area contributed by atoms with Gasteiger partial charge < -0.3 is 9.64 Å². The number of thiol groups is 1. The molecule has 0 saturated carbocycles. The fraction of sp³-hybridized carbons (Fsp3) is 0.600. The highest BCUT2D eigenvalue weighted by atomic mass is 32.1. The Morgan fingerprint density at radius 2 is 2.11 bits per heavy atom. The smallest absolute Gasteiger partial charge is 0.119 e. The lowest BCUT2D eigenvalue weighted by molar-refractivity contribution is 0.296. The van der Waals surface area contributed by atoms with Crippen LogP contribution < -0.4 is 4.74 Å². The molecule has 18 heavy (non-hydrogen) atoms. The molecule has 0 heterocycles. The molecule has 0 bridgehead atoms. The van der Waals surface area contributed by atoms with Crippen LogP contribution in [0.25, 0.3) is 0 Å². The monoisotopic (exact) mass is 267 g/mol. The van der Waals surface area contributed by atoms with Crippen LogP contribution in [-0.2, 0) is 6.54 Å². The van der Waals surface area contributed by atoms with Gasteiger partial charge in [-0.15, -0.1) is 0 Å². The molecular weight excluding hydrogens is 242 g/mol. The summed E-state index contributed by atoms with van der Waals surface area (Å²) in [6.45, 7) is 4.41. The van der Waals surface area contributed by atoms with Crippen LogP contribution in [0.15, 0.2) is 24.3 Å². The van der Waals surface area contributed by atoms with E-state index in [0.717, 1.165) is 30.5 Å². The summed E-state index contributed by atoms with van der Waals surface area (Å²) < 4.78 is 5.24. The van der Waals surface area contributed by atoms with Gasteiger partial charge in [-0.25, -0.2) is 0 Å². The van der Waals surface area contributed by atoms with Crippen molar-refractivity contribution in [2.45, 2.75) is 26.3 Å². The fourth-order valence-electron chi connectivity index (χ4n) is 1.97. The van der Waals surface area contributed by atoms with E-state index in [-0.39, 0.29) is 0 Å². The first-order valence-corrected chi connectivity index (χ1v) is 7.21. The molecule has 0 aliphatic carbocycles. The van der Waals surface area contributed by atoms with Gasteiger partial charge in [-0.3, -0.25) is 0 Å². The topological polar surface area (TPSA) is 12.5 Å². The van der Waals surface area contributed by atoms with Crippen LogP contribution in [0.4, 0.5) is 0 Å². The molecule has 1 aromatic rings. The molecule has 1 rings (SSSR count). The van der Waals surface area contributed by atoms with Gasteiger partial charge >= 0.3 is 0 Å². The van der Waals surface area contributed by atoms with Gasteiger partial charge in [-0.2, -0.15) is 12.6 Å². The van der Waals surface area contributed by atoms with Crippen molar-refractivity contribution in [1.82, 2.24) is 4.90 Å². The Morgan fingerprint density at radius 1 is 1.33 bits per heavy atom. The Hall–Kier alpha value is -0.670. The zero-order chi connectivity index (χ0) is 13.4. The molecule has 0 spiro atoms. The number of nitrogens with zero attached hydrogens (tertiary/aromatic N) is 1. The minimum Gasteiger partial charge on any atom is -0.497 e. The summed E-state index contributed by atoms with van der Waals surface area (Å²) in [4.78, 5) is 2.36. The molecular formula is C15H25NOS. The van der Waals surface area contributed by atoms with E-state index in [1.54, 1.807) is 7.11 Å². The summed E-state index contributed by atoms with van der Waals surface area (Å²) in [5.41, 5.74) is 1.30. The van der Waals surface area contributed by atoms with Crippen LogP contribution in [0.2, 0.25) is 0 Å². The largest absolute Gasteiger partial charge is 0.497 e. The Kier molecular flexibility index (Phi) is 7.21. The molecule has 102 valence electrons. The normalized spacial score (nSPS) is 12.7. The van der Waals surface area contributed by atoms with E-state index in [2.05, 4.69) is 43.6 Å². The summed E-state index contributed by atoms with van der Waals surface area (Å²) in [7, 11) is 3.88. The van der Waals surface area contributed by atoms with Gasteiger partial charge in [0, 0.05) is 6.54 Å². The van der Waals surface area contributed by atoms with E-state index in [1.807, 2.05) is 12.1 Å². The SMILES string of the molecule is COc1cccc(CN(C)CCC(C)CCS)c1. The van der Waals surface area contributed by atoms with Crippen LogP contribution in [0.5, 0.6) is 5.75 Å². The first kappa shape index (κ1) is 15.4. The molecule has 1 aromatic carbocycles. The van der Waals surface area contributed by atoms with E-state index < -0.39 is 0 Å². The summed E-state index contributed by atoms with van der Waals surface area (Å²) in [6.07, 6.45) is 2.44. The van der Waals surface area contributed by atoms with Gasteiger partial charge in [0.15, 0.2) is 0 Å². The number of ether oxygens (including phenoxy) is 1. The van der Waals surface area contributed by atoms with Crippen LogP contribution in [0, 0.1) is 5.92 Å². The predicted molar refractivity (Wildman–Crippen MR) is 81.6 cm³/mol. The third-order valence-corrected chi connectivity index (χ3v) is 3.47. The molecule has 1 unspecified atom stereocenters. The maximum atomic E-state index is 5.24. The van der Waals surface area contributed by atoms with Crippen molar-refractivity contribution in [2.75, 3.05) is 26.5 Å². The lowest BCUT2D eigenvalue weighted by atomic mass is 10.0. The van der Waals surface area contributed by atoms with E-state index in [9.17, 15) is 0 Å². The molecule has 0 fully saturated rings. The van der Waals surface area contributed by atoms with Crippen LogP contribution in [-0.4, -0.2) is 31.4 Å². The summed E-state index contributed by atoms with van der Waals surface area (Å²) in [5.74, 6) is 2.68. The van der Waals surface area contributed by atoms with Gasteiger partial charge in [0.25, 0.3) is 0 Å². The minimum atomic E-state index is 0.759. The van der Waals surface area contributed by atoms with Gasteiger partial charge in [0.05, 0.1) is 7.11 Å². The van der Waals surface area contributed by atoms with Gasteiger partial charge in [0.2, 0.25) is 0 Å². The third kappa shape index (κ3) is 5.78. The van der Waals surface area contributed by atoms with Crippen molar-refractivity contribution in [3.05, 3.63) is 29.8 Å². The molecule has 3 heteroatoms. The predicted octanol–water partition coefficient (Wildman–Crippen LogP) is 3.47. The Labute approximate surface area is 117 Å². The number of hydrogen-bond acceptors (Lipinski definition) is 3. The quantitative estimate of drug-likeness (QED) is 0.724. The fourth-order valence-corrected chi connectivity index (χ4v) is 2.41. The molecule has 0 aliphatic rings. The Bertz CT molecular complexity index is 343. The van der Waals surface area contributed by atoms with Crippen molar-refractivity contribution >= 4 is 12.6 Å². The van der Waals surface area contributed by atoms with Crippen LogP contribution in [0.1, 0.15) is 25.3 Å². The number of benzene rings is 1. The number of hydrogen-bond donors (Lipinski definition) is 1. The van der Waals surface area contributed by atoms with Crippen molar-refractivity contribution in [2.24, 2.45) is 5.92 Å². The average Bonchev–Trinajstić information content (AvgIpc) is 2.37. The molecule has 0 aliphatic heterocycles. The maximum Gasteiger partial charge on any atom is 0.119 e. The molecule has 1 atom stereocenters. The third-order valence-electron chi connectivity index (χ3n) is 3.21. The highest BCUT2D eigenvalue weighted by Crippen LogP contribution is 2.15. The number of methoxy groups -OCH3 is 1. The Balaban J connectivity index is 2.36. The van der Waals surface area contributed by atoms with Crippen molar-refractivity contribution in [3.8, 4) is 5.75 Å². The highest BCUT2D eigenvalue weighted by molar-refractivity contribution is 7.80. The molecule has 2 nitrogen and oxygen atoms in total. The van der Waals surface area contributed by atoms with E-state index in [1.165, 1.54) is 18.4 Å². The molecule has 0 N–H and O–H groups in total. The maximum absolute atomic E-state index is 5.24. The van der Waals surface area contributed by atoms with Gasteiger partial charge in [-0.1, -0.05) is 19.1 Å². The van der Waals surface area contributed by atoms with E-state index in [0.29, 0.717) is 0 Å². The zero-order valence-corrected chi connectivity index (χ0v) is 12.6. The van der Waals surface area contributed by atoms with Crippen molar-refractivity contribution in [3.63, 3.8) is 0 Å². The Morgan fingerprint density at radius 3 is 2.78 bits per heavy atom. The van der Waals surface area contributed by atoms with Crippen LogP contribution >= 0.6 is 12.6 Å². The molecule has 0 amide bonds. The average molecular weight is 267 g/mol. The van der Waals surface area contributed by atoms with Crippen molar-refractivity contribution < 1.29 is 4.74 Å². The molecule has 0 aromatic heterocycles. The lowest BCUT2D eigenvalue weighted by Gasteiger charge is -2.19. The molecule has 0 radical (unpaired) electrons. The number of rotatable bonds is 8.